The number of hydrogen-bond donors (Lipinski definition) is 1. The number of halogens is 1. The molecule has 0 aromatic heterocycles. The molecule has 0 fully saturated rings. The number of hydrogen-bond acceptors (Lipinski definition) is 4. The van der Waals surface area contributed by atoms with Crippen molar-refractivity contribution in [3.05, 3.63) is 59.4 Å². The Labute approximate surface area is 165 Å². The van der Waals surface area contributed by atoms with E-state index in [1.165, 1.54) is 22.5 Å². The summed E-state index contributed by atoms with van der Waals surface area (Å²) in [5.41, 5.74) is 2.11. The fourth-order valence-electron chi connectivity index (χ4n) is 3.34. The van der Waals surface area contributed by atoms with Crippen molar-refractivity contribution in [1.82, 2.24) is 0 Å². The molecule has 2 aromatic rings. The quantitative estimate of drug-likeness (QED) is 0.737. The average Bonchev–Trinajstić information content (AvgIpc) is 2.60. The van der Waals surface area contributed by atoms with Crippen LogP contribution in [0, 0.1) is 5.82 Å². The first-order valence-corrected chi connectivity index (χ1v) is 12.3. The zero-order valence-electron chi connectivity index (χ0n) is 15.6. The van der Waals surface area contributed by atoms with E-state index in [2.05, 4.69) is 4.72 Å². The normalized spacial score (nSPS) is 14.6. The van der Waals surface area contributed by atoms with Crippen molar-refractivity contribution in [2.24, 2.45) is 0 Å². The van der Waals surface area contributed by atoms with Crippen LogP contribution in [0.3, 0.4) is 0 Å². The highest BCUT2D eigenvalue weighted by atomic mass is 32.2. The third-order valence-corrected chi connectivity index (χ3v) is 7.71. The van der Waals surface area contributed by atoms with Gasteiger partial charge in [0.05, 0.1) is 17.2 Å². The summed E-state index contributed by atoms with van der Waals surface area (Å²) in [7, 11) is -7.11. The van der Waals surface area contributed by atoms with E-state index in [4.69, 9.17) is 0 Å². The molecule has 152 valence electrons. The van der Waals surface area contributed by atoms with E-state index in [0.717, 1.165) is 5.56 Å². The topological polar surface area (TPSA) is 83.6 Å². The van der Waals surface area contributed by atoms with Crippen LogP contribution in [0.25, 0.3) is 0 Å². The fourth-order valence-corrected chi connectivity index (χ4v) is 6.14. The summed E-state index contributed by atoms with van der Waals surface area (Å²) in [6, 6.07) is 10.3. The third kappa shape index (κ3) is 4.82. The Kier molecular flexibility index (Phi) is 5.95. The first-order chi connectivity index (χ1) is 13.2. The van der Waals surface area contributed by atoms with Crippen LogP contribution in [0.4, 0.5) is 15.8 Å². The molecule has 28 heavy (non-hydrogen) atoms. The molecule has 0 saturated carbocycles. The van der Waals surface area contributed by atoms with Crippen LogP contribution in [-0.2, 0) is 32.2 Å². The lowest BCUT2D eigenvalue weighted by molar-refractivity contribution is 0.585. The van der Waals surface area contributed by atoms with Crippen molar-refractivity contribution in [3.8, 4) is 0 Å². The lowest BCUT2D eigenvalue weighted by Crippen LogP contribution is -2.37. The van der Waals surface area contributed by atoms with Gasteiger partial charge in [-0.2, -0.15) is 0 Å². The van der Waals surface area contributed by atoms with Gasteiger partial charge in [0.25, 0.3) is 0 Å². The van der Waals surface area contributed by atoms with Crippen molar-refractivity contribution < 1.29 is 21.2 Å². The second-order valence-electron chi connectivity index (χ2n) is 6.83. The van der Waals surface area contributed by atoms with Crippen molar-refractivity contribution in [2.75, 3.05) is 21.3 Å². The maximum atomic E-state index is 13.3. The summed E-state index contributed by atoms with van der Waals surface area (Å²) < 4.78 is 67.0. The number of aryl methyl sites for hydroxylation is 1. The van der Waals surface area contributed by atoms with E-state index in [-0.39, 0.29) is 11.5 Å². The SMILES string of the molecule is CCCS(=O)(=O)N1CCCc2cc(NS(=O)(=O)Cc3cccc(F)c3)ccc21. The van der Waals surface area contributed by atoms with E-state index in [0.29, 0.717) is 42.7 Å². The molecule has 1 aliphatic rings. The molecule has 0 bridgehead atoms. The molecule has 1 heterocycles. The van der Waals surface area contributed by atoms with Gasteiger partial charge in [-0.25, -0.2) is 21.2 Å². The minimum absolute atomic E-state index is 0.0778. The predicted octanol–water partition coefficient (Wildman–Crippen LogP) is 3.26. The Morgan fingerprint density at radius 2 is 1.89 bits per heavy atom. The fraction of sp³-hybridized carbons (Fsp3) is 0.368. The van der Waals surface area contributed by atoms with Crippen LogP contribution in [-0.4, -0.2) is 29.1 Å². The number of benzene rings is 2. The minimum Gasteiger partial charge on any atom is -0.283 e. The highest BCUT2D eigenvalue weighted by molar-refractivity contribution is 7.92. The molecule has 2 aromatic carbocycles. The first-order valence-electron chi connectivity index (χ1n) is 9.08. The smallest absolute Gasteiger partial charge is 0.236 e. The summed E-state index contributed by atoms with van der Waals surface area (Å²) in [4.78, 5) is 0. The lowest BCUT2D eigenvalue weighted by atomic mass is 10.0. The molecular formula is C19H23FN2O4S2. The maximum absolute atomic E-state index is 13.3. The Hall–Kier alpha value is -2.13. The minimum atomic E-state index is -3.73. The molecule has 0 spiro atoms. The van der Waals surface area contributed by atoms with Crippen LogP contribution in [0.1, 0.15) is 30.9 Å². The van der Waals surface area contributed by atoms with Crippen LogP contribution in [0.5, 0.6) is 0 Å². The Balaban J connectivity index is 1.82. The van der Waals surface area contributed by atoms with E-state index in [9.17, 15) is 21.2 Å². The van der Waals surface area contributed by atoms with Crippen LogP contribution < -0.4 is 9.03 Å². The van der Waals surface area contributed by atoms with Gasteiger partial charge < -0.3 is 0 Å². The standard InChI is InChI=1S/C19H23FN2O4S2/c1-2-11-28(25,26)22-10-4-6-16-13-18(8-9-19(16)22)21-27(23,24)14-15-5-3-7-17(20)12-15/h3,5,7-9,12-13,21H,2,4,6,10-11,14H2,1H3. The van der Waals surface area contributed by atoms with Gasteiger partial charge in [-0.3, -0.25) is 9.03 Å². The molecule has 0 saturated heterocycles. The molecule has 0 aliphatic carbocycles. The van der Waals surface area contributed by atoms with Gasteiger partial charge in [-0.05, 0) is 60.7 Å². The van der Waals surface area contributed by atoms with Crippen molar-refractivity contribution in [2.45, 2.75) is 31.9 Å². The van der Waals surface area contributed by atoms with Crippen LogP contribution in [0.2, 0.25) is 0 Å². The van der Waals surface area contributed by atoms with Crippen molar-refractivity contribution >= 4 is 31.4 Å². The van der Waals surface area contributed by atoms with Gasteiger partial charge in [0.1, 0.15) is 5.82 Å². The van der Waals surface area contributed by atoms with Gasteiger partial charge in [0.2, 0.25) is 20.0 Å². The lowest BCUT2D eigenvalue weighted by Gasteiger charge is -2.30. The van der Waals surface area contributed by atoms with Gasteiger partial charge in [0.15, 0.2) is 0 Å². The second-order valence-corrected chi connectivity index (χ2v) is 10.6. The Morgan fingerprint density at radius 1 is 1.11 bits per heavy atom. The van der Waals surface area contributed by atoms with Gasteiger partial charge in [-0.15, -0.1) is 0 Å². The van der Waals surface area contributed by atoms with Gasteiger partial charge >= 0.3 is 0 Å². The first kappa shape index (κ1) is 20.6. The highest BCUT2D eigenvalue weighted by Gasteiger charge is 2.27. The maximum Gasteiger partial charge on any atom is 0.236 e. The van der Waals surface area contributed by atoms with E-state index < -0.39 is 25.9 Å². The molecule has 3 rings (SSSR count). The molecule has 0 radical (unpaired) electrons. The van der Waals surface area contributed by atoms with Crippen LogP contribution >= 0.6 is 0 Å². The molecule has 1 N–H and O–H groups in total. The summed E-state index contributed by atoms with van der Waals surface area (Å²) in [5.74, 6) is -0.761. The van der Waals surface area contributed by atoms with E-state index >= 15 is 0 Å². The van der Waals surface area contributed by atoms with Crippen molar-refractivity contribution in [1.29, 1.82) is 0 Å². The summed E-state index contributed by atoms with van der Waals surface area (Å²) in [6.45, 7) is 2.25. The molecule has 0 unspecified atom stereocenters. The zero-order chi connectivity index (χ0) is 20.4. The largest absolute Gasteiger partial charge is 0.283 e. The molecule has 6 nitrogen and oxygen atoms in total. The monoisotopic (exact) mass is 426 g/mol. The summed E-state index contributed by atoms with van der Waals surface area (Å²) in [5, 5.41) is 0. The Morgan fingerprint density at radius 3 is 2.61 bits per heavy atom. The van der Waals surface area contributed by atoms with Crippen molar-refractivity contribution in [3.63, 3.8) is 0 Å². The number of nitrogens with zero attached hydrogens (tertiary/aromatic N) is 1. The molecule has 0 atom stereocenters. The van der Waals surface area contributed by atoms with E-state index in [1.807, 2.05) is 6.92 Å². The zero-order valence-corrected chi connectivity index (χ0v) is 17.2. The second kappa shape index (κ2) is 8.08. The molecular weight excluding hydrogens is 403 g/mol. The number of rotatable bonds is 7. The number of nitrogens with one attached hydrogen (secondary N) is 1. The van der Waals surface area contributed by atoms with Crippen LogP contribution in [0.15, 0.2) is 42.5 Å². The molecule has 1 aliphatic heterocycles. The van der Waals surface area contributed by atoms with Gasteiger partial charge in [-0.1, -0.05) is 19.1 Å². The van der Waals surface area contributed by atoms with E-state index in [1.54, 1.807) is 24.3 Å². The Bertz CT molecular complexity index is 1070. The molecule has 0 amide bonds. The van der Waals surface area contributed by atoms with Gasteiger partial charge in [0, 0.05) is 12.2 Å². The number of fused-ring (bicyclic) bond motifs is 1. The summed E-state index contributed by atoms with van der Waals surface area (Å²) in [6.07, 6.45) is 1.88. The molecule has 9 heteroatoms. The average molecular weight is 427 g/mol. The predicted molar refractivity (Wildman–Crippen MR) is 109 cm³/mol. The number of sulfonamides is 2. The number of anilines is 2. The highest BCUT2D eigenvalue weighted by Crippen LogP contribution is 2.32. The third-order valence-electron chi connectivity index (χ3n) is 4.47. The summed E-state index contributed by atoms with van der Waals surface area (Å²) >= 11 is 0.